The number of aliphatic hydroxyl groups excluding tert-OH is 1. The predicted octanol–water partition coefficient (Wildman–Crippen LogP) is -3.35. The molecule has 0 spiro atoms. The summed E-state index contributed by atoms with van der Waals surface area (Å²) in [5.74, 6) is -0.159. The Balaban J connectivity index is 0. The van der Waals surface area contributed by atoms with Crippen molar-refractivity contribution >= 4 is 5.78 Å². The van der Waals surface area contributed by atoms with E-state index in [4.69, 9.17) is 5.11 Å². The number of quaternary nitrogens is 1. The Morgan fingerprint density at radius 3 is 1.91 bits per heavy atom. The number of carbonyl (C=O) groups is 1. The maximum absolute atomic E-state index is 10.6. The fraction of sp³-hybridized carbons (Fsp3) is 0.857. The smallest absolute Gasteiger partial charge is 0.164 e. The summed E-state index contributed by atoms with van der Waals surface area (Å²) < 4.78 is 0.612. The van der Waals surface area contributed by atoms with Crippen LogP contribution in [0.1, 0.15) is 6.92 Å². The Kier molecular flexibility index (Phi) is 6.02. The van der Waals surface area contributed by atoms with Crippen LogP contribution in [0.25, 0.3) is 0 Å². The zero-order chi connectivity index (χ0) is 8.36. The van der Waals surface area contributed by atoms with Gasteiger partial charge in [-0.25, -0.2) is 0 Å². The standard InChI is InChI=1S/C7H16NO2.BrH/c1-6(9)7(10)5-8(2,3)4;/h7,10H,5H2,1-4H3;1H/q+1;/p-1. The Morgan fingerprint density at radius 1 is 1.45 bits per heavy atom. The minimum absolute atomic E-state index is 0. The van der Waals surface area contributed by atoms with Gasteiger partial charge >= 0.3 is 0 Å². The lowest BCUT2D eigenvalue weighted by Gasteiger charge is -2.25. The Labute approximate surface area is 78.4 Å². The summed E-state index contributed by atoms with van der Waals surface area (Å²) >= 11 is 0. The molecule has 0 aromatic rings. The van der Waals surface area contributed by atoms with Crippen LogP contribution in [-0.4, -0.2) is 49.2 Å². The second-order valence-electron chi connectivity index (χ2n) is 3.60. The van der Waals surface area contributed by atoms with E-state index in [1.54, 1.807) is 0 Å². The number of aliphatic hydroxyl groups is 1. The van der Waals surface area contributed by atoms with Gasteiger partial charge in [-0.3, -0.25) is 4.79 Å². The summed E-state index contributed by atoms with van der Waals surface area (Å²) in [7, 11) is 5.81. The molecule has 0 fully saturated rings. The van der Waals surface area contributed by atoms with Crippen molar-refractivity contribution in [2.24, 2.45) is 0 Å². The van der Waals surface area contributed by atoms with Gasteiger partial charge in [0.05, 0.1) is 21.1 Å². The SMILES string of the molecule is CC(=O)C(O)C[N+](C)(C)C.[Br-]. The lowest BCUT2D eigenvalue weighted by molar-refractivity contribution is -0.872. The van der Waals surface area contributed by atoms with Crippen LogP contribution in [-0.2, 0) is 4.79 Å². The molecule has 1 unspecified atom stereocenters. The van der Waals surface area contributed by atoms with Crippen LogP contribution < -0.4 is 17.0 Å². The number of ketones is 1. The summed E-state index contributed by atoms with van der Waals surface area (Å²) in [4.78, 5) is 10.6. The average molecular weight is 226 g/mol. The van der Waals surface area contributed by atoms with E-state index < -0.39 is 6.10 Å². The third-order valence-corrected chi connectivity index (χ3v) is 1.19. The first kappa shape index (κ1) is 13.6. The van der Waals surface area contributed by atoms with Gasteiger partial charge in [-0.05, 0) is 6.92 Å². The number of rotatable bonds is 3. The molecule has 0 amide bonds. The van der Waals surface area contributed by atoms with Crippen LogP contribution in [0, 0.1) is 0 Å². The monoisotopic (exact) mass is 225 g/mol. The molecule has 0 aromatic carbocycles. The lowest BCUT2D eigenvalue weighted by Crippen LogP contribution is -3.00. The van der Waals surface area contributed by atoms with E-state index in [1.807, 2.05) is 21.1 Å². The highest BCUT2D eigenvalue weighted by Gasteiger charge is 2.18. The van der Waals surface area contributed by atoms with Gasteiger partial charge in [-0.2, -0.15) is 0 Å². The summed E-state index contributed by atoms with van der Waals surface area (Å²) in [6, 6.07) is 0. The van der Waals surface area contributed by atoms with Gasteiger partial charge in [-0.1, -0.05) is 0 Å². The number of likely N-dealkylation sites (N-methyl/N-ethyl adjacent to an activating group) is 1. The normalized spacial score (nSPS) is 13.5. The van der Waals surface area contributed by atoms with Gasteiger partial charge in [-0.15, -0.1) is 0 Å². The summed E-state index contributed by atoms with van der Waals surface area (Å²) in [5.41, 5.74) is 0. The molecule has 0 saturated heterocycles. The maximum Gasteiger partial charge on any atom is 0.164 e. The van der Waals surface area contributed by atoms with E-state index in [1.165, 1.54) is 6.92 Å². The van der Waals surface area contributed by atoms with Crippen LogP contribution in [0.15, 0.2) is 0 Å². The number of halogens is 1. The molecule has 0 heterocycles. The zero-order valence-electron chi connectivity index (χ0n) is 7.47. The highest BCUT2D eigenvalue weighted by molar-refractivity contribution is 5.80. The molecule has 4 heteroatoms. The van der Waals surface area contributed by atoms with Crippen molar-refractivity contribution in [3.05, 3.63) is 0 Å². The van der Waals surface area contributed by atoms with Crippen molar-refractivity contribution in [2.75, 3.05) is 27.7 Å². The maximum atomic E-state index is 10.6. The van der Waals surface area contributed by atoms with Crippen molar-refractivity contribution in [1.29, 1.82) is 0 Å². The number of hydrogen-bond donors (Lipinski definition) is 1. The fourth-order valence-corrected chi connectivity index (χ4v) is 0.647. The van der Waals surface area contributed by atoms with E-state index in [-0.39, 0.29) is 22.8 Å². The van der Waals surface area contributed by atoms with Gasteiger partial charge in [0.1, 0.15) is 6.54 Å². The highest BCUT2D eigenvalue weighted by atomic mass is 79.9. The van der Waals surface area contributed by atoms with E-state index in [0.29, 0.717) is 11.0 Å². The molecule has 0 aliphatic rings. The van der Waals surface area contributed by atoms with Crippen LogP contribution >= 0.6 is 0 Å². The summed E-state index contributed by atoms with van der Waals surface area (Å²) in [5, 5.41) is 9.10. The number of hydrogen-bond acceptors (Lipinski definition) is 2. The quantitative estimate of drug-likeness (QED) is 0.510. The zero-order valence-corrected chi connectivity index (χ0v) is 9.05. The molecule has 0 radical (unpaired) electrons. The molecule has 0 aliphatic carbocycles. The van der Waals surface area contributed by atoms with Crippen LogP contribution in [0.5, 0.6) is 0 Å². The first-order chi connectivity index (χ1) is 4.33. The Morgan fingerprint density at radius 2 is 1.82 bits per heavy atom. The fourth-order valence-electron chi connectivity index (χ4n) is 0.647. The molecule has 0 aliphatic heterocycles. The van der Waals surface area contributed by atoms with Crippen molar-refractivity contribution in [2.45, 2.75) is 13.0 Å². The van der Waals surface area contributed by atoms with Gasteiger partial charge in [0.25, 0.3) is 0 Å². The van der Waals surface area contributed by atoms with Crippen molar-refractivity contribution < 1.29 is 31.4 Å². The predicted molar refractivity (Wildman–Crippen MR) is 39.6 cm³/mol. The third kappa shape index (κ3) is 7.97. The summed E-state index contributed by atoms with van der Waals surface area (Å²) in [6.45, 7) is 1.88. The third-order valence-electron chi connectivity index (χ3n) is 1.19. The second-order valence-corrected chi connectivity index (χ2v) is 3.60. The molecule has 1 N–H and O–H groups in total. The molecular weight excluding hydrogens is 210 g/mol. The van der Waals surface area contributed by atoms with Crippen LogP contribution in [0.2, 0.25) is 0 Å². The molecule has 0 rings (SSSR count). The lowest BCUT2D eigenvalue weighted by atomic mass is 10.2. The Hall–Kier alpha value is 0.0700. The number of Topliss-reactive ketones (excluding diaryl/α,β-unsaturated/α-hetero) is 1. The first-order valence-electron chi connectivity index (χ1n) is 3.32. The van der Waals surface area contributed by atoms with Crippen molar-refractivity contribution in [1.82, 2.24) is 0 Å². The topological polar surface area (TPSA) is 37.3 Å². The minimum atomic E-state index is -0.806. The molecule has 3 nitrogen and oxygen atoms in total. The number of nitrogens with zero attached hydrogens (tertiary/aromatic N) is 1. The van der Waals surface area contributed by atoms with Crippen LogP contribution in [0.3, 0.4) is 0 Å². The first-order valence-corrected chi connectivity index (χ1v) is 3.32. The van der Waals surface area contributed by atoms with E-state index in [9.17, 15) is 4.79 Å². The largest absolute Gasteiger partial charge is 1.00 e. The molecule has 68 valence electrons. The van der Waals surface area contributed by atoms with Crippen molar-refractivity contribution in [3.63, 3.8) is 0 Å². The van der Waals surface area contributed by atoms with Gasteiger partial charge < -0.3 is 26.6 Å². The van der Waals surface area contributed by atoms with Gasteiger partial charge in [0.2, 0.25) is 0 Å². The van der Waals surface area contributed by atoms with Gasteiger partial charge in [0, 0.05) is 0 Å². The van der Waals surface area contributed by atoms with E-state index >= 15 is 0 Å². The van der Waals surface area contributed by atoms with Crippen molar-refractivity contribution in [3.8, 4) is 0 Å². The van der Waals surface area contributed by atoms with E-state index in [0.717, 1.165) is 0 Å². The second kappa shape index (κ2) is 4.85. The molecule has 0 aromatic heterocycles. The minimum Gasteiger partial charge on any atom is -1.00 e. The molecule has 1 atom stereocenters. The average Bonchev–Trinajstić information content (AvgIpc) is 1.60. The van der Waals surface area contributed by atoms with Gasteiger partial charge in [0.15, 0.2) is 11.9 Å². The van der Waals surface area contributed by atoms with E-state index in [2.05, 4.69) is 0 Å². The molecular formula is C7H16BrNO2. The Bertz CT molecular complexity index is 131. The molecule has 11 heavy (non-hydrogen) atoms. The van der Waals surface area contributed by atoms with Crippen LogP contribution in [0.4, 0.5) is 0 Å². The number of carbonyl (C=O) groups excluding carboxylic acids is 1. The summed E-state index contributed by atoms with van der Waals surface area (Å²) in [6.07, 6.45) is -0.806. The highest BCUT2D eigenvalue weighted by Crippen LogP contribution is 1.95. The molecule has 0 saturated carbocycles. The molecule has 0 bridgehead atoms.